The third kappa shape index (κ3) is 5.66. The van der Waals surface area contributed by atoms with E-state index in [2.05, 4.69) is 9.88 Å². The van der Waals surface area contributed by atoms with E-state index in [1.54, 1.807) is 29.3 Å². The Hall–Kier alpha value is -3.17. The Kier molecular flexibility index (Phi) is 8.57. The molecule has 5 rings (SSSR count). The number of halogens is 2. The number of piperidine rings is 1. The molecule has 2 saturated heterocycles. The lowest BCUT2D eigenvalue weighted by Crippen LogP contribution is -2.69. The number of nitrogens with zero attached hydrogens (tertiary/aromatic N) is 3. The van der Waals surface area contributed by atoms with Gasteiger partial charge in [0.15, 0.2) is 5.78 Å². The van der Waals surface area contributed by atoms with Gasteiger partial charge in [0, 0.05) is 44.0 Å². The number of amides is 2. The summed E-state index contributed by atoms with van der Waals surface area (Å²) in [5, 5.41) is 0.713. The van der Waals surface area contributed by atoms with Crippen LogP contribution in [0.3, 0.4) is 0 Å². The summed E-state index contributed by atoms with van der Waals surface area (Å²) in [6.07, 6.45) is 3.10. The highest BCUT2D eigenvalue weighted by atomic mass is 35.5. The van der Waals surface area contributed by atoms with Gasteiger partial charge in [-0.2, -0.15) is 0 Å². The fourth-order valence-corrected chi connectivity index (χ4v) is 6.71. The molecule has 1 atom stereocenters. The number of carbonyl (C=O) groups is 3. The molecule has 8 nitrogen and oxygen atoms in total. The van der Waals surface area contributed by atoms with Gasteiger partial charge in [-0.15, -0.1) is 0 Å². The van der Waals surface area contributed by atoms with Crippen LogP contribution in [0.5, 0.6) is 0 Å². The molecule has 1 unspecified atom stereocenters. The van der Waals surface area contributed by atoms with Crippen LogP contribution in [0.1, 0.15) is 50.4 Å². The van der Waals surface area contributed by atoms with Crippen LogP contribution in [-0.4, -0.2) is 82.6 Å². The van der Waals surface area contributed by atoms with Gasteiger partial charge < -0.3 is 20.5 Å². The molecule has 2 fully saturated rings. The molecule has 1 aromatic heterocycles. The third-order valence-corrected chi connectivity index (χ3v) is 9.08. The number of nitrogens with one attached hydrogen (secondary N) is 1. The van der Waals surface area contributed by atoms with Gasteiger partial charge in [-0.3, -0.25) is 19.3 Å². The predicted octanol–water partition coefficient (Wildman–Crippen LogP) is 4.42. The minimum Gasteiger partial charge on any atom is -0.357 e. The molecular formula is C31H35Cl2N5O3. The molecule has 0 bridgehead atoms. The maximum absolute atomic E-state index is 14.0. The summed E-state index contributed by atoms with van der Waals surface area (Å²) in [7, 11) is 0. The molecule has 0 radical (unpaired) electrons. The van der Waals surface area contributed by atoms with E-state index in [0.29, 0.717) is 65.9 Å². The number of nitrogens with two attached hydrogens (primary N) is 1. The van der Waals surface area contributed by atoms with E-state index in [1.165, 1.54) is 0 Å². The lowest BCUT2D eigenvalue weighted by molar-refractivity contribution is -0.139. The molecule has 2 aliphatic rings. The van der Waals surface area contributed by atoms with Crippen LogP contribution in [-0.2, 0) is 10.3 Å². The molecule has 10 heteroatoms. The van der Waals surface area contributed by atoms with Gasteiger partial charge in [-0.05, 0) is 68.7 Å². The summed E-state index contributed by atoms with van der Waals surface area (Å²) in [4.78, 5) is 49.6. The van der Waals surface area contributed by atoms with E-state index < -0.39 is 5.54 Å². The number of aromatic amines is 1. The number of Topliss-reactive ketones (excluding diaryl/α,β-unsaturated/α-hetero) is 1. The number of H-pyrrole nitrogens is 1. The average Bonchev–Trinajstić information content (AvgIpc) is 3.52. The van der Waals surface area contributed by atoms with Gasteiger partial charge in [-0.25, -0.2) is 0 Å². The van der Waals surface area contributed by atoms with Gasteiger partial charge in [0.1, 0.15) is 11.2 Å². The second-order valence-electron chi connectivity index (χ2n) is 11.0. The lowest BCUT2D eigenvalue weighted by atomic mass is 9.79. The first-order valence-electron chi connectivity index (χ1n) is 13.9. The standard InChI is InChI=1S/C31H35Cl2N5O3/c1-20-14-21(2)16-22(15-20)29(40)37-12-13-38(24-7-10-36(11-8-24)30(41)27-4-3-9-35-27)31(19-37,28(39)18-34)23-5-6-25(32)26(33)17-23/h3-6,9,14-17,24,35H,7-8,10-13,18-19,34H2,1-2H3. The third-order valence-electron chi connectivity index (χ3n) is 8.34. The Balaban J connectivity index is 1.50. The van der Waals surface area contributed by atoms with Crippen LogP contribution in [0.4, 0.5) is 0 Å². The maximum atomic E-state index is 14.0. The minimum atomic E-state index is -1.22. The van der Waals surface area contributed by atoms with Crippen molar-refractivity contribution in [2.75, 3.05) is 39.3 Å². The summed E-state index contributed by atoms with van der Waals surface area (Å²) >= 11 is 12.8. The summed E-state index contributed by atoms with van der Waals surface area (Å²) in [6, 6.07) is 14.6. The first-order chi connectivity index (χ1) is 19.6. The van der Waals surface area contributed by atoms with Crippen molar-refractivity contribution in [2.24, 2.45) is 5.73 Å². The zero-order valence-corrected chi connectivity index (χ0v) is 24.8. The van der Waals surface area contributed by atoms with Crippen molar-refractivity contribution in [3.63, 3.8) is 0 Å². The number of ketones is 1. The van der Waals surface area contributed by atoms with Gasteiger partial charge in [-0.1, -0.05) is 46.5 Å². The van der Waals surface area contributed by atoms with E-state index in [4.69, 9.17) is 28.9 Å². The zero-order valence-electron chi connectivity index (χ0n) is 23.3. The normalized spacial score (nSPS) is 20.3. The molecule has 41 heavy (non-hydrogen) atoms. The Morgan fingerprint density at radius 2 is 1.61 bits per heavy atom. The molecule has 2 amide bonds. The Morgan fingerprint density at radius 3 is 2.22 bits per heavy atom. The molecule has 3 N–H and O–H groups in total. The molecule has 0 saturated carbocycles. The maximum Gasteiger partial charge on any atom is 0.270 e. The number of hydrogen-bond donors (Lipinski definition) is 2. The van der Waals surface area contributed by atoms with Gasteiger partial charge >= 0.3 is 0 Å². The molecular weight excluding hydrogens is 561 g/mol. The minimum absolute atomic E-state index is 0.00823. The van der Waals surface area contributed by atoms with Gasteiger partial charge in [0.25, 0.3) is 11.8 Å². The number of carbonyl (C=O) groups excluding carboxylic acids is 3. The second-order valence-corrected chi connectivity index (χ2v) is 11.8. The highest BCUT2D eigenvalue weighted by molar-refractivity contribution is 6.42. The average molecular weight is 597 g/mol. The number of likely N-dealkylation sites (tertiary alicyclic amines) is 1. The topological polar surface area (TPSA) is 103 Å². The smallest absolute Gasteiger partial charge is 0.270 e. The molecule has 0 spiro atoms. The molecule has 2 aromatic carbocycles. The van der Waals surface area contributed by atoms with E-state index in [9.17, 15) is 14.4 Å². The van der Waals surface area contributed by atoms with Crippen molar-refractivity contribution in [3.8, 4) is 0 Å². The lowest BCUT2D eigenvalue weighted by Gasteiger charge is -2.54. The number of benzene rings is 2. The van der Waals surface area contributed by atoms with Crippen molar-refractivity contribution in [2.45, 2.75) is 38.3 Å². The summed E-state index contributed by atoms with van der Waals surface area (Å²) < 4.78 is 0. The molecule has 2 aliphatic heterocycles. The fourth-order valence-electron chi connectivity index (χ4n) is 6.42. The molecule has 3 aromatic rings. The summed E-state index contributed by atoms with van der Waals surface area (Å²) in [6.45, 7) is 5.89. The monoisotopic (exact) mass is 595 g/mol. The Labute approximate surface area is 250 Å². The number of piperazine rings is 1. The fraction of sp³-hybridized carbons (Fsp3) is 0.387. The SMILES string of the molecule is Cc1cc(C)cc(C(=O)N2CCN(C3CCN(C(=O)c4ccc[nH]4)CC3)C(C(=O)CN)(c3ccc(Cl)c(Cl)c3)C2)c1. The van der Waals surface area contributed by atoms with E-state index in [-0.39, 0.29) is 36.7 Å². The quantitative estimate of drug-likeness (QED) is 0.439. The van der Waals surface area contributed by atoms with Crippen molar-refractivity contribution in [1.82, 2.24) is 19.7 Å². The van der Waals surface area contributed by atoms with Crippen LogP contribution in [0, 0.1) is 13.8 Å². The highest BCUT2D eigenvalue weighted by Crippen LogP contribution is 2.40. The number of rotatable bonds is 6. The molecule has 216 valence electrons. The van der Waals surface area contributed by atoms with E-state index >= 15 is 0 Å². The van der Waals surface area contributed by atoms with Crippen LogP contribution in [0.2, 0.25) is 10.0 Å². The van der Waals surface area contributed by atoms with Gasteiger partial charge in [0.05, 0.1) is 23.1 Å². The van der Waals surface area contributed by atoms with Crippen molar-refractivity contribution >= 4 is 40.8 Å². The Morgan fingerprint density at radius 1 is 0.902 bits per heavy atom. The van der Waals surface area contributed by atoms with E-state index in [1.807, 2.05) is 49.1 Å². The Bertz CT molecular complexity index is 1430. The first-order valence-corrected chi connectivity index (χ1v) is 14.7. The molecule has 3 heterocycles. The van der Waals surface area contributed by atoms with Crippen molar-refractivity contribution in [1.29, 1.82) is 0 Å². The highest BCUT2D eigenvalue weighted by Gasteiger charge is 2.52. The number of aromatic nitrogens is 1. The van der Waals surface area contributed by atoms with E-state index in [0.717, 1.165) is 11.1 Å². The van der Waals surface area contributed by atoms with Crippen LogP contribution in [0.25, 0.3) is 0 Å². The largest absolute Gasteiger partial charge is 0.357 e. The summed E-state index contributed by atoms with van der Waals surface area (Å²) in [5.41, 5.74) is 8.68. The molecule has 0 aliphatic carbocycles. The van der Waals surface area contributed by atoms with Crippen molar-refractivity contribution < 1.29 is 14.4 Å². The van der Waals surface area contributed by atoms with Crippen molar-refractivity contribution in [3.05, 3.63) is 92.7 Å². The number of aryl methyl sites for hydroxylation is 2. The summed E-state index contributed by atoms with van der Waals surface area (Å²) in [5.74, 6) is -0.359. The van der Waals surface area contributed by atoms with Crippen LogP contribution >= 0.6 is 23.2 Å². The van der Waals surface area contributed by atoms with Gasteiger partial charge in [0.2, 0.25) is 0 Å². The predicted molar refractivity (Wildman–Crippen MR) is 160 cm³/mol. The van der Waals surface area contributed by atoms with Crippen LogP contribution < -0.4 is 5.73 Å². The number of hydrogen-bond acceptors (Lipinski definition) is 5. The second kappa shape index (κ2) is 12.0. The van der Waals surface area contributed by atoms with Crippen LogP contribution in [0.15, 0.2) is 54.7 Å². The first kappa shape index (κ1) is 29.3. The zero-order chi connectivity index (χ0) is 29.3.